The van der Waals surface area contributed by atoms with Crippen LogP contribution in [0.25, 0.3) is 11.3 Å². The number of aromatic nitrogens is 2. The highest BCUT2D eigenvalue weighted by atomic mass is 32.2. The Morgan fingerprint density at radius 1 is 1.23 bits per heavy atom. The third-order valence-electron chi connectivity index (χ3n) is 6.06. The lowest BCUT2D eigenvalue weighted by Gasteiger charge is -2.34. The molecule has 3 atom stereocenters. The Bertz CT molecular complexity index is 1020. The van der Waals surface area contributed by atoms with E-state index in [0.717, 1.165) is 17.1 Å². The van der Waals surface area contributed by atoms with Crippen LogP contribution >= 0.6 is 0 Å². The summed E-state index contributed by atoms with van der Waals surface area (Å²) in [7, 11) is 0.653. The molecule has 3 rings (SSSR count). The highest BCUT2D eigenvalue weighted by Gasteiger charge is 2.29. The standard InChI is InChI=1S/C21H30N4O4S/c1-13-7-6-8-16(14(13)2)22-21(26)18-12-17(23-24-18)15-9-10-19(29-5)20(11-15)30(27,28)25(3)4/h9-14,16H,6-8H2,1-5H3,(H,22,26)(H,23,24)/t13-,14-,16-/m1/s1. The lowest BCUT2D eigenvalue weighted by molar-refractivity contribution is 0.0886. The molecule has 0 spiro atoms. The number of hydrogen-bond donors (Lipinski definition) is 2. The number of hydrogen-bond acceptors (Lipinski definition) is 5. The summed E-state index contributed by atoms with van der Waals surface area (Å²) in [6, 6.07) is 6.60. The predicted molar refractivity (Wildman–Crippen MR) is 115 cm³/mol. The number of nitrogens with zero attached hydrogens (tertiary/aromatic N) is 2. The Hall–Kier alpha value is -2.39. The molecule has 2 N–H and O–H groups in total. The lowest BCUT2D eigenvalue weighted by Crippen LogP contribution is -2.43. The molecule has 1 aliphatic rings. The van der Waals surface area contributed by atoms with E-state index in [1.54, 1.807) is 18.2 Å². The minimum absolute atomic E-state index is 0.0477. The van der Waals surface area contributed by atoms with Gasteiger partial charge in [0.15, 0.2) is 0 Å². The Morgan fingerprint density at radius 3 is 2.63 bits per heavy atom. The molecule has 1 aromatic heterocycles. The molecule has 1 amide bonds. The number of amides is 1. The van der Waals surface area contributed by atoms with Crippen molar-refractivity contribution in [2.75, 3.05) is 21.2 Å². The molecule has 9 heteroatoms. The molecular weight excluding hydrogens is 404 g/mol. The van der Waals surface area contributed by atoms with E-state index in [2.05, 4.69) is 29.4 Å². The summed E-state index contributed by atoms with van der Waals surface area (Å²) in [5, 5.41) is 10.1. The molecule has 30 heavy (non-hydrogen) atoms. The van der Waals surface area contributed by atoms with Crippen molar-refractivity contribution in [1.82, 2.24) is 19.8 Å². The van der Waals surface area contributed by atoms with Gasteiger partial charge in [-0.3, -0.25) is 9.89 Å². The summed E-state index contributed by atoms with van der Waals surface area (Å²) >= 11 is 0. The van der Waals surface area contributed by atoms with Gasteiger partial charge in [0.05, 0.1) is 12.8 Å². The van der Waals surface area contributed by atoms with Gasteiger partial charge in [-0.15, -0.1) is 0 Å². The van der Waals surface area contributed by atoms with E-state index < -0.39 is 10.0 Å². The van der Waals surface area contributed by atoms with Gasteiger partial charge in [-0.25, -0.2) is 12.7 Å². The summed E-state index contributed by atoms with van der Waals surface area (Å²) in [5.41, 5.74) is 1.41. The van der Waals surface area contributed by atoms with Crippen molar-refractivity contribution in [2.45, 2.75) is 44.0 Å². The molecule has 1 saturated carbocycles. The smallest absolute Gasteiger partial charge is 0.269 e. The highest BCUT2D eigenvalue weighted by Crippen LogP contribution is 2.31. The van der Waals surface area contributed by atoms with Gasteiger partial charge in [-0.1, -0.05) is 26.7 Å². The highest BCUT2D eigenvalue weighted by molar-refractivity contribution is 7.89. The zero-order chi connectivity index (χ0) is 22.1. The van der Waals surface area contributed by atoms with Crippen molar-refractivity contribution < 1.29 is 17.9 Å². The first-order valence-corrected chi connectivity index (χ1v) is 11.6. The second-order valence-corrected chi connectivity index (χ2v) is 10.3. The molecule has 1 heterocycles. The number of sulfonamides is 1. The Labute approximate surface area is 178 Å². The third kappa shape index (κ3) is 4.37. The van der Waals surface area contributed by atoms with Crippen LogP contribution in [0.3, 0.4) is 0 Å². The first-order valence-electron chi connectivity index (χ1n) is 10.1. The lowest BCUT2D eigenvalue weighted by atomic mass is 9.78. The summed E-state index contributed by atoms with van der Waals surface area (Å²) < 4.78 is 31.6. The number of carbonyl (C=O) groups excluding carboxylic acids is 1. The molecular formula is C21H30N4O4S. The largest absolute Gasteiger partial charge is 0.495 e. The van der Waals surface area contributed by atoms with Crippen LogP contribution in [0.5, 0.6) is 5.75 Å². The van der Waals surface area contributed by atoms with E-state index in [9.17, 15) is 13.2 Å². The monoisotopic (exact) mass is 434 g/mol. The molecule has 2 aromatic rings. The topological polar surface area (TPSA) is 104 Å². The summed E-state index contributed by atoms with van der Waals surface area (Å²) in [6.07, 6.45) is 3.28. The molecule has 1 fully saturated rings. The minimum atomic E-state index is -3.70. The summed E-state index contributed by atoms with van der Waals surface area (Å²) in [5.74, 6) is 1.05. The van der Waals surface area contributed by atoms with Crippen molar-refractivity contribution >= 4 is 15.9 Å². The van der Waals surface area contributed by atoms with Crippen LogP contribution in [-0.4, -0.2) is 56.1 Å². The van der Waals surface area contributed by atoms with Crippen LogP contribution in [0.15, 0.2) is 29.2 Å². The first kappa shape index (κ1) is 22.3. The van der Waals surface area contributed by atoms with Gasteiger partial charge in [0.1, 0.15) is 16.3 Å². The molecule has 0 aliphatic heterocycles. The van der Waals surface area contributed by atoms with Crippen molar-refractivity contribution in [3.05, 3.63) is 30.0 Å². The predicted octanol–water partition coefficient (Wildman–Crippen LogP) is 2.89. The van der Waals surface area contributed by atoms with Gasteiger partial charge in [0.2, 0.25) is 10.0 Å². The van der Waals surface area contributed by atoms with E-state index >= 15 is 0 Å². The maximum atomic E-state index is 12.7. The van der Waals surface area contributed by atoms with Crippen molar-refractivity contribution in [3.63, 3.8) is 0 Å². The van der Waals surface area contributed by atoms with Crippen LogP contribution in [0.4, 0.5) is 0 Å². The van der Waals surface area contributed by atoms with Crippen molar-refractivity contribution in [2.24, 2.45) is 11.8 Å². The first-order chi connectivity index (χ1) is 14.1. The van der Waals surface area contributed by atoms with Gasteiger partial charge in [-0.05, 0) is 42.5 Å². The summed E-state index contributed by atoms with van der Waals surface area (Å²) in [4.78, 5) is 12.8. The van der Waals surface area contributed by atoms with Crippen LogP contribution < -0.4 is 10.1 Å². The number of ether oxygens (including phenoxy) is 1. The van der Waals surface area contributed by atoms with Gasteiger partial charge in [-0.2, -0.15) is 5.10 Å². The Morgan fingerprint density at radius 2 is 1.97 bits per heavy atom. The SMILES string of the molecule is COc1ccc(-c2cc(C(=O)N[C@@H]3CCC[C@@H](C)[C@H]3C)[nH]n2)cc1S(=O)(=O)N(C)C. The zero-order valence-electron chi connectivity index (χ0n) is 18.1. The number of aromatic amines is 1. The number of nitrogens with one attached hydrogen (secondary N) is 2. The third-order valence-corrected chi connectivity index (χ3v) is 7.90. The minimum Gasteiger partial charge on any atom is -0.495 e. The Kier molecular flexibility index (Phi) is 6.52. The van der Waals surface area contributed by atoms with Crippen LogP contribution in [0, 0.1) is 11.8 Å². The van der Waals surface area contributed by atoms with E-state index in [-0.39, 0.29) is 22.6 Å². The van der Waals surface area contributed by atoms with E-state index in [1.165, 1.54) is 33.7 Å². The molecule has 0 bridgehead atoms. The number of H-pyrrole nitrogens is 1. The van der Waals surface area contributed by atoms with Gasteiger partial charge >= 0.3 is 0 Å². The van der Waals surface area contributed by atoms with Crippen molar-refractivity contribution in [1.29, 1.82) is 0 Å². The van der Waals surface area contributed by atoms with E-state index in [4.69, 9.17) is 4.74 Å². The number of rotatable bonds is 6. The molecule has 0 unspecified atom stereocenters. The van der Waals surface area contributed by atoms with Gasteiger partial charge in [0.25, 0.3) is 5.91 Å². The van der Waals surface area contributed by atoms with Crippen LogP contribution in [0.1, 0.15) is 43.6 Å². The fourth-order valence-electron chi connectivity index (χ4n) is 3.85. The van der Waals surface area contributed by atoms with E-state index in [0.29, 0.717) is 28.8 Å². The fraction of sp³-hybridized carbons (Fsp3) is 0.524. The fourth-order valence-corrected chi connectivity index (χ4v) is 4.93. The number of benzene rings is 1. The average Bonchev–Trinajstić information content (AvgIpc) is 3.21. The molecule has 0 saturated heterocycles. The van der Waals surface area contributed by atoms with E-state index in [1.807, 2.05) is 0 Å². The average molecular weight is 435 g/mol. The number of methoxy groups -OCH3 is 1. The molecule has 1 aliphatic carbocycles. The summed E-state index contributed by atoms with van der Waals surface area (Å²) in [6.45, 7) is 4.40. The zero-order valence-corrected chi connectivity index (χ0v) is 18.9. The molecule has 164 valence electrons. The second-order valence-electron chi connectivity index (χ2n) is 8.17. The molecule has 1 aromatic carbocycles. The maximum Gasteiger partial charge on any atom is 0.269 e. The van der Waals surface area contributed by atoms with Gasteiger partial charge < -0.3 is 10.1 Å². The molecule has 0 radical (unpaired) electrons. The van der Waals surface area contributed by atoms with Crippen LogP contribution in [0.2, 0.25) is 0 Å². The quantitative estimate of drug-likeness (QED) is 0.727. The normalized spacial score (nSPS) is 22.1. The second kappa shape index (κ2) is 8.77. The van der Waals surface area contributed by atoms with Crippen LogP contribution in [-0.2, 0) is 10.0 Å². The molecule has 8 nitrogen and oxygen atoms in total. The maximum absolute atomic E-state index is 12.7. The Balaban J connectivity index is 1.85. The van der Waals surface area contributed by atoms with Gasteiger partial charge in [0, 0.05) is 25.7 Å². The van der Waals surface area contributed by atoms with Crippen molar-refractivity contribution in [3.8, 4) is 17.0 Å². The number of carbonyl (C=O) groups is 1.